The third-order valence-corrected chi connectivity index (χ3v) is 4.12. The van der Waals surface area contributed by atoms with E-state index in [2.05, 4.69) is 36.6 Å². The molecule has 28 heavy (non-hydrogen) atoms. The van der Waals surface area contributed by atoms with E-state index in [1.165, 1.54) is 0 Å². The number of benzene rings is 2. The first kappa shape index (κ1) is 19.6. The number of halogens is 2. The van der Waals surface area contributed by atoms with Crippen molar-refractivity contribution in [1.29, 1.82) is 0 Å². The summed E-state index contributed by atoms with van der Waals surface area (Å²) >= 11 is 11.9. The molecule has 0 spiro atoms. The number of carbonyl (C=O) groups is 2. The van der Waals surface area contributed by atoms with Gasteiger partial charge in [0.2, 0.25) is 11.7 Å². The van der Waals surface area contributed by atoms with Gasteiger partial charge in [0, 0.05) is 28.3 Å². The van der Waals surface area contributed by atoms with Gasteiger partial charge in [0.05, 0.1) is 12.1 Å². The third-order valence-electron chi connectivity index (χ3n) is 3.68. The minimum atomic E-state index is -0.512. The SMILES string of the molecule is CNC(=O)Cc1ccc(NC(=O)Nc2cc(Cl)cc(Cl)c2)c(-c2nn[nH]n2)c1. The van der Waals surface area contributed by atoms with Crippen molar-refractivity contribution in [2.45, 2.75) is 6.42 Å². The molecular weight excluding hydrogens is 405 g/mol. The van der Waals surface area contributed by atoms with Gasteiger partial charge in [-0.2, -0.15) is 5.21 Å². The maximum absolute atomic E-state index is 12.4. The van der Waals surface area contributed by atoms with Gasteiger partial charge in [0.25, 0.3) is 0 Å². The van der Waals surface area contributed by atoms with E-state index in [9.17, 15) is 9.59 Å². The van der Waals surface area contributed by atoms with Gasteiger partial charge in [-0.1, -0.05) is 29.3 Å². The predicted molar refractivity (Wildman–Crippen MR) is 106 cm³/mol. The first-order chi connectivity index (χ1) is 13.4. The number of tetrazole rings is 1. The van der Waals surface area contributed by atoms with Crippen LogP contribution in [0.15, 0.2) is 36.4 Å². The highest BCUT2D eigenvalue weighted by Crippen LogP contribution is 2.27. The summed E-state index contributed by atoms with van der Waals surface area (Å²) in [6.45, 7) is 0. The number of hydrogen-bond donors (Lipinski definition) is 4. The summed E-state index contributed by atoms with van der Waals surface area (Å²) in [5.74, 6) is 0.134. The van der Waals surface area contributed by atoms with Gasteiger partial charge in [-0.15, -0.1) is 10.2 Å². The first-order valence-corrected chi connectivity index (χ1v) is 8.81. The van der Waals surface area contributed by atoms with E-state index in [4.69, 9.17) is 23.2 Å². The monoisotopic (exact) mass is 419 g/mol. The van der Waals surface area contributed by atoms with Gasteiger partial charge in [-0.3, -0.25) is 4.79 Å². The van der Waals surface area contributed by atoms with Crippen molar-refractivity contribution in [1.82, 2.24) is 25.9 Å². The first-order valence-electron chi connectivity index (χ1n) is 8.06. The molecular formula is C17H15Cl2N7O2. The fourth-order valence-electron chi connectivity index (χ4n) is 2.46. The van der Waals surface area contributed by atoms with Crippen molar-refractivity contribution in [2.75, 3.05) is 17.7 Å². The molecule has 0 saturated carbocycles. The lowest BCUT2D eigenvalue weighted by Gasteiger charge is -2.12. The Morgan fingerprint density at radius 1 is 1.07 bits per heavy atom. The molecule has 0 unspecified atom stereocenters. The molecule has 3 amide bonds. The number of anilines is 2. The van der Waals surface area contributed by atoms with E-state index in [1.54, 1.807) is 43.4 Å². The summed E-state index contributed by atoms with van der Waals surface area (Å²) < 4.78 is 0. The Hall–Kier alpha value is -3.17. The average Bonchev–Trinajstić information content (AvgIpc) is 3.16. The molecule has 0 aliphatic carbocycles. The Morgan fingerprint density at radius 2 is 1.82 bits per heavy atom. The summed E-state index contributed by atoms with van der Waals surface area (Å²) in [7, 11) is 1.56. The van der Waals surface area contributed by atoms with Crippen LogP contribution in [0.4, 0.5) is 16.2 Å². The number of aromatic nitrogens is 4. The molecule has 1 heterocycles. The molecule has 0 fully saturated rings. The minimum Gasteiger partial charge on any atom is -0.359 e. The molecule has 0 radical (unpaired) electrons. The van der Waals surface area contributed by atoms with Crippen LogP contribution in [0.5, 0.6) is 0 Å². The average molecular weight is 420 g/mol. The number of rotatable bonds is 5. The van der Waals surface area contributed by atoms with E-state index in [0.717, 1.165) is 5.56 Å². The second-order valence-corrected chi connectivity index (χ2v) is 6.58. The smallest absolute Gasteiger partial charge is 0.323 e. The van der Waals surface area contributed by atoms with E-state index in [0.29, 0.717) is 27.0 Å². The van der Waals surface area contributed by atoms with E-state index < -0.39 is 6.03 Å². The van der Waals surface area contributed by atoms with Crippen LogP contribution in [0.1, 0.15) is 5.56 Å². The quantitative estimate of drug-likeness (QED) is 0.505. The van der Waals surface area contributed by atoms with Gasteiger partial charge in [-0.25, -0.2) is 4.79 Å². The van der Waals surface area contributed by atoms with Crippen LogP contribution < -0.4 is 16.0 Å². The number of urea groups is 1. The standard InChI is InChI=1S/C17H15Cl2N7O2/c1-20-15(27)5-9-2-3-14(13(4-9)16-23-25-26-24-16)22-17(28)21-12-7-10(18)6-11(19)8-12/h2-4,6-8H,5H2,1H3,(H,20,27)(H2,21,22,28)(H,23,24,25,26). The molecule has 0 aliphatic rings. The number of likely N-dealkylation sites (N-methyl/N-ethyl adjacent to an activating group) is 1. The van der Waals surface area contributed by atoms with Crippen molar-refractivity contribution in [3.05, 3.63) is 52.0 Å². The maximum Gasteiger partial charge on any atom is 0.323 e. The summed E-state index contributed by atoms with van der Waals surface area (Å²) in [6, 6.07) is 9.29. The lowest BCUT2D eigenvalue weighted by Crippen LogP contribution is -2.21. The Morgan fingerprint density at radius 3 is 2.46 bits per heavy atom. The second-order valence-electron chi connectivity index (χ2n) is 5.70. The van der Waals surface area contributed by atoms with Crippen LogP contribution in [-0.4, -0.2) is 39.6 Å². The molecule has 0 saturated heterocycles. The predicted octanol–water partition coefficient (Wildman–Crippen LogP) is 3.11. The fourth-order valence-corrected chi connectivity index (χ4v) is 2.98. The van der Waals surface area contributed by atoms with Crippen LogP contribution in [0.2, 0.25) is 10.0 Å². The van der Waals surface area contributed by atoms with Crippen LogP contribution in [0.25, 0.3) is 11.4 Å². The lowest BCUT2D eigenvalue weighted by atomic mass is 10.1. The number of aromatic amines is 1. The zero-order chi connectivity index (χ0) is 20.1. The Balaban J connectivity index is 1.84. The zero-order valence-electron chi connectivity index (χ0n) is 14.6. The zero-order valence-corrected chi connectivity index (χ0v) is 16.1. The van der Waals surface area contributed by atoms with Crippen LogP contribution >= 0.6 is 23.2 Å². The van der Waals surface area contributed by atoms with Gasteiger partial charge in [0.15, 0.2) is 0 Å². The van der Waals surface area contributed by atoms with Crippen molar-refractivity contribution in [2.24, 2.45) is 0 Å². The van der Waals surface area contributed by atoms with Gasteiger partial charge in [0.1, 0.15) is 0 Å². The highest BCUT2D eigenvalue weighted by molar-refractivity contribution is 6.35. The highest BCUT2D eigenvalue weighted by atomic mass is 35.5. The molecule has 9 nitrogen and oxygen atoms in total. The Kier molecular flexibility index (Phi) is 6.07. The normalized spacial score (nSPS) is 10.4. The largest absolute Gasteiger partial charge is 0.359 e. The fraction of sp³-hybridized carbons (Fsp3) is 0.118. The van der Waals surface area contributed by atoms with Crippen molar-refractivity contribution < 1.29 is 9.59 Å². The van der Waals surface area contributed by atoms with Crippen LogP contribution in [-0.2, 0) is 11.2 Å². The molecule has 0 bridgehead atoms. The number of nitrogens with zero attached hydrogens (tertiary/aromatic N) is 3. The molecule has 0 aliphatic heterocycles. The Labute approximate surface area is 169 Å². The topological polar surface area (TPSA) is 125 Å². The lowest BCUT2D eigenvalue weighted by molar-refractivity contribution is -0.119. The van der Waals surface area contributed by atoms with Crippen molar-refractivity contribution in [3.63, 3.8) is 0 Å². The van der Waals surface area contributed by atoms with Crippen LogP contribution in [0, 0.1) is 0 Å². The Bertz CT molecular complexity index is 988. The van der Waals surface area contributed by atoms with Crippen molar-refractivity contribution in [3.8, 4) is 11.4 Å². The summed E-state index contributed by atoms with van der Waals surface area (Å²) in [6.07, 6.45) is 0.175. The number of H-pyrrole nitrogens is 1. The molecule has 4 N–H and O–H groups in total. The molecule has 144 valence electrons. The molecule has 0 atom stereocenters. The molecule has 3 aromatic rings. The van der Waals surface area contributed by atoms with Gasteiger partial charge < -0.3 is 16.0 Å². The number of amides is 3. The van der Waals surface area contributed by atoms with Gasteiger partial charge in [-0.05, 0) is 41.1 Å². The maximum atomic E-state index is 12.4. The molecule has 11 heteroatoms. The number of nitrogens with one attached hydrogen (secondary N) is 4. The summed E-state index contributed by atoms with van der Waals surface area (Å²) in [5.41, 5.74) is 2.11. The van der Waals surface area contributed by atoms with E-state index in [1.807, 2.05) is 0 Å². The van der Waals surface area contributed by atoms with Crippen LogP contribution in [0.3, 0.4) is 0 Å². The summed E-state index contributed by atoms with van der Waals surface area (Å²) in [5, 5.41) is 22.5. The minimum absolute atomic E-state index is 0.143. The third kappa shape index (κ3) is 4.96. The number of hydrogen-bond acceptors (Lipinski definition) is 5. The van der Waals surface area contributed by atoms with E-state index in [-0.39, 0.29) is 18.2 Å². The molecule has 1 aromatic heterocycles. The van der Waals surface area contributed by atoms with Gasteiger partial charge >= 0.3 is 6.03 Å². The summed E-state index contributed by atoms with van der Waals surface area (Å²) in [4.78, 5) is 24.0. The highest BCUT2D eigenvalue weighted by Gasteiger charge is 2.14. The van der Waals surface area contributed by atoms with E-state index >= 15 is 0 Å². The van der Waals surface area contributed by atoms with Crippen molar-refractivity contribution >= 4 is 46.5 Å². The molecule has 3 rings (SSSR count). The molecule has 2 aromatic carbocycles. The number of carbonyl (C=O) groups excluding carboxylic acids is 2. The second kappa shape index (κ2) is 8.68.